The minimum Gasteiger partial charge on any atom is -0.479 e. The Labute approximate surface area is 627 Å². The quantitative estimate of drug-likeness (QED) is 0.0332. The van der Waals surface area contributed by atoms with Crippen LogP contribution in [0.3, 0.4) is 0 Å². The van der Waals surface area contributed by atoms with E-state index in [0.717, 1.165) is 30.6 Å². The summed E-state index contributed by atoms with van der Waals surface area (Å²) in [4.78, 5) is 127. The van der Waals surface area contributed by atoms with Gasteiger partial charge in [0.25, 0.3) is 0 Å². The standard InChI is InChI=1S/C76H116N8O23/c1-13-46(6)63(57(99-11)41-60(87)84-33-21-26-55(84)68(100-12)47(7)70(92)79-48(8)64(88)49-22-17-16-18-23-49)82(9)72(94)61(44(2)3)81-71(93)62(45(4)5)83(10)76(98)105-42-50-40-51(27-28-56(50)106-74-67(91)65(89)66(90)69(107-74)73(95)96)80-59(86)30-29-58(85)77-31-34-101-36-38-103-39-37-102-35-32-78-75(97)104-43-54-52-24-19-14-15-20-25-53(52)54/h16-18,22-23,27-28,40,44-48,52-55,57,61-69,74,88-91H,13,19-21,24-26,29-39,41-43H2,1-12H3,(H,77,85)(H,78,97)(H,79,92)(H,80,86)(H,81,93)(H,95,96)/t46-,47+,48+,52-,53+,54-,55-,57+,61-,62-,63-,64+,65?,66-,67?,68+,69?,74+/m0/s1. The zero-order chi connectivity index (χ0) is 78.6. The molecule has 2 aliphatic heterocycles. The fourth-order valence-electron chi connectivity index (χ4n) is 14.2. The number of rotatable bonds is 43. The van der Waals surface area contributed by atoms with Crippen molar-refractivity contribution in [2.75, 3.05) is 99.5 Å². The van der Waals surface area contributed by atoms with E-state index in [9.17, 15) is 68.7 Å². The number of aliphatic hydroxyl groups is 4. The number of benzene rings is 2. The molecule has 2 aromatic carbocycles. The number of aliphatic carboxylic acids is 1. The van der Waals surface area contributed by atoms with E-state index < -0.39 is 145 Å². The lowest BCUT2D eigenvalue weighted by Crippen LogP contribution is -2.61. The highest BCUT2D eigenvalue weighted by Gasteiger charge is 2.51. The molecule has 1 saturated carbocycles. The molecule has 6 rings (SSSR count). The first-order valence-corrected chi connectivity index (χ1v) is 37.3. The van der Waals surface area contributed by atoms with Crippen molar-refractivity contribution in [2.45, 2.75) is 205 Å². The Morgan fingerprint density at radius 3 is 1.93 bits per heavy atom. The Morgan fingerprint density at radius 2 is 1.34 bits per heavy atom. The first-order valence-electron chi connectivity index (χ1n) is 37.3. The van der Waals surface area contributed by atoms with E-state index in [-0.39, 0.29) is 87.0 Å². The zero-order valence-corrected chi connectivity index (χ0v) is 63.9. The van der Waals surface area contributed by atoms with Gasteiger partial charge in [0, 0.05) is 84.9 Å². The van der Waals surface area contributed by atoms with Gasteiger partial charge in [-0.2, -0.15) is 0 Å². The lowest BCUT2D eigenvalue weighted by atomic mass is 9.89. The predicted octanol–water partition coefficient (Wildman–Crippen LogP) is 3.90. The molecule has 2 saturated heterocycles. The highest BCUT2D eigenvalue weighted by Crippen LogP contribution is 2.52. The number of carbonyl (C=O) groups is 9. The summed E-state index contributed by atoms with van der Waals surface area (Å²) in [5.74, 6) is 1.15. The summed E-state index contributed by atoms with van der Waals surface area (Å²) < 4.78 is 51.1. The number of carboxylic acids is 1. The van der Waals surface area contributed by atoms with Crippen molar-refractivity contribution in [3.05, 3.63) is 59.7 Å². The van der Waals surface area contributed by atoms with Crippen LogP contribution < -0.4 is 31.3 Å². The third kappa shape index (κ3) is 25.9. The molecule has 3 unspecified atom stereocenters. The normalized spacial score (nSPS) is 22.9. The van der Waals surface area contributed by atoms with Gasteiger partial charge < -0.3 is 105 Å². The number of aliphatic hydroxyl groups excluding tert-OH is 4. The van der Waals surface area contributed by atoms with Crippen LogP contribution in [0.4, 0.5) is 15.3 Å². The SMILES string of the molecule is CC[C@H](C)[C@@H]([C@@H](CC(=O)N1CCC[C@H]1[C@H](OC)[C@@H](C)C(=O)N[C@H](C)[C@@H](O)c1ccccc1)OC)N(C)C(=O)[C@@H](NC(=O)[C@H](C(C)C)N(C)C(=O)OCc1cc(NC(=O)CCC(=O)NCCOCCOCCOCCNC(=O)OC[C@@H]2[C@@H]3CCC#CCC[C@@H]32)ccc1O[C@@H]1OC(C(=O)O)[C@@H](O)C(O)C1O)C(C)C. The number of anilines is 1. The van der Waals surface area contributed by atoms with Gasteiger partial charge in [-0.3, -0.25) is 33.7 Å². The number of fused-ring (bicyclic) bond motifs is 1. The number of methoxy groups -OCH3 is 2. The summed E-state index contributed by atoms with van der Waals surface area (Å²) in [7, 11) is 5.87. The van der Waals surface area contributed by atoms with Crippen LogP contribution in [-0.2, 0) is 78.1 Å². The highest BCUT2D eigenvalue weighted by atomic mass is 16.7. The number of carboxylic acid groups (broad SMARTS) is 1. The summed E-state index contributed by atoms with van der Waals surface area (Å²) in [6.45, 7) is 16.3. The number of carbonyl (C=O) groups excluding carboxylic acids is 8. The molecular weight excluding hydrogens is 1390 g/mol. The minimum absolute atomic E-state index is 0.0117. The molecule has 8 amide bonds. The van der Waals surface area contributed by atoms with E-state index >= 15 is 0 Å². The van der Waals surface area contributed by atoms with Crippen LogP contribution in [-0.4, -0.2) is 261 Å². The van der Waals surface area contributed by atoms with Crippen molar-refractivity contribution in [3.63, 3.8) is 0 Å². The Hall–Kier alpha value is -7.77. The van der Waals surface area contributed by atoms with Gasteiger partial charge in [0.05, 0.1) is 95.0 Å². The second-order valence-corrected chi connectivity index (χ2v) is 28.7. The molecular formula is C76H116N8O23. The van der Waals surface area contributed by atoms with Crippen LogP contribution in [0.1, 0.15) is 137 Å². The van der Waals surface area contributed by atoms with Crippen LogP contribution in [0.2, 0.25) is 0 Å². The molecule has 0 radical (unpaired) electrons. The largest absolute Gasteiger partial charge is 0.479 e. The lowest BCUT2D eigenvalue weighted by molar-refractivity contribution is -0.271. The number of nitrogens with zero attached hydrogens (tertiary/aromatic N) is 3. The molecule has 0 bridgehead atoms. The van der Waals surface area contributed by atoms with Crippen LogP contribution >= 0.6 is 0 Å². The summed E-state index contributed by atoms with van der Waals surface area (Å²) >= 11 is 0. The van der Waals surface area contributed by atoms with E-state index in [4.69, 9.17) is 42.6 Å². The number of hydrogen-bond donors (Lipinski definition) is 10. The number of hydrogen-bond acceptors (Lipinski definition) is 22. The maximum Gasteiger partial charge on any atom is 0.410 e. The van der Waals surface area contributed by atoms with Gasteiger partial charge in [0.2, 0.25) is 41.7 Å². The number of nitrogens with one attached hydrogen (secondary N) is 5. The number of amides is 8. The fourth-order valence-corrected chi connectivity index (χ4v) is 14.2. The number of likely N-dealkylation sites (tertiary alicyclic amines) is 1. The van der Waals surface area contributed by atoms with E-state index in [0.29, 0.717) is 75.5 Å². The summed E-state index contributed by atoms with van der Waals surface area (Å²) in [6, 6.07) is 8.71. The van der Waals surface area contributed by atoms with E-state index in [1.807, 2.05) is 19.9 Å². The molecule has 2 aromatic rings. The maximum absolute atomic E-state index is 15.0. The topological polar surface area (TPSA) is 408 Å². The Balaban J connectivity index is 1.00. The Bertz CT molecular complexity index is 3250. The molecule has 0 spiro atoms. The Kier molecular flexibility index (Phi) is 36.3. The monoisotopic (exact) mass is 1510 g/mol. The van der Waals surface area contributed by atoms with Crippen LogP contribution in [0.15, 0.2) is 48.5 Å². The second-order valence-electron chi connectivity index (χ2n) is 28.7. The lowest BCUT2D eigenvalue weighted by Gasteiger charge is -2.41. The van der Waals surface area contributed by atoms with Gasteiger partial charge >= 0.3 is 18.2 Å². The van der Waals surface area contributed by atoms with Crippen molar-refractivity contribution in [1.29, 1.82) is 0 Å². The third-order valence-electron chi connectivity index (χ3n) is 20.5. The summed E-state index contributed by atoms with van der Waals surface area (Å²) in [5, 5.41) is 66.4. The summed E-state index contributed by atoms with van der Waals surface area (Å²) in [6.07, 6.45) is -8.96. The van der Waals surface area contributed by atoms with Crippen LogP contribution in [0, 0.1) is 53.3 Å². The average molecular weight is 1510 g/mol. The van der Waals surface area contributed by atoms with E-state index in [2.05, 4.69) is 38.4 Å². The van der Waals surface area contributed by atoms with Gasteiger partial charge in [0.1, 0.15) is 42.8 Å². The number of likely N-dealkylation sites (N-methyl/N-ethyl adjacent to an activating group) is 2. The molecule has 0 aromatic heterocycles. The van der Waals surface area contributed by atoms with Crippen LogP contribution in [0.5, 0.6) is 5.75 Å². The molecule has 31 nitrogen and oxygen atoms in total. The second kappa shape index (κ2) is 44.0. The molecule has 2 aliphatic carbocycles. The average Bonchev–Trinajstić information content (AvgIpc) is 1.62. The zero-order valence-electron chi connectivity index (χ0n) is 63.9. The number of ether oxygens (including phenoxy) is 9. The molecule has 4 aliphatic rings. The van der Waals surface area contributed by atoms with Crippen molar-refractivity contribution in [2.24, 2.45) is 41.4 Å². The molecule has 31 heteroatoms. The Morgan fingerprint density at radius 1 is 0.710 bits per heavy atom. The molecule has 18 atom stereocenters. The van der Waals surface area contributed by atoms with Gasteiger partial charge in [-0.1, -0.05) is 85.2 Å². The van der Waals surface area contributed by atoms with Crippen LogP contribution in [0.25, 0.3) is 0 Å². The maximum atomic E-state index is 15.0. The molecule has 107 heavy (non-hydrogen) atoms. The van der Waals surface area contributed by atoms with Crippen molar-refractivity contribution >= 4 is 59.3 Å². The van der Waals surface area contributed by atoms with Crippen molar-refractivity contribution in [3.8, 4) is 17.6 Å². The first-order chi connectivity index (χ1) is 51.0. The smallest absolute Gasteiger partial charge is 0.410 e. The van der Waals surface area contributed by atoms with E-state index in [1.165, 1.54) is 44.4 Å². The predicted molar refractivity (Wildman–Crippen MR) is 389 cm³/mol. The van der Waals surface area contributed by atoms with Gasteiger partial charge in [-0.05, 0) is 91.9 Å². The molecule has 10 N–H and O–H groups in total. The number of alkyl carbamates (subject to hydrolysis) is 1. The fraction of sp³-hybridized carbons (Fsp3) is 0.697. The molecule has 3 fully saturated rings. The van der Waals surface area contributed by atoms with Gasteiger partial charge in [0.15, 0.2) is 6.10 Å². The van der Waals surface area contributed by atoms with Crippen molar-refractivity contribution in [1.82, 2.24) is 36.0 Å². The van der Waals surface area contributed by atoms with Gasteiger partial charge in [-0.25, -0.2) is 14.4 Å². The third-order valence-corrected chi connectivity index (χ3v) is 20.5. The van der Waals surface area contributed by atoms with E-state index in [1.54, 1.807) is 77.8 Å². The molecule has 2 heterocycles. The molecule has 598 valence electrons. The minimum atomic E-state index is -2.04. The first kappa shape index (κ1) is 88.1. The highest BCUT2D eigenvalue weighted by molar-refractivity contribution is 5.94. The van der Waals surface area contributed by atoms with Crippen molar-refractivity contribution < 1.29 is 111 Å². The van der Waals surface area contributed by atoms with Gasteiger partial charge in [-0.15, -0.1) is 11.8 Å². The summed E-state index contributed by atoms with van der Waals surface area (Å²) in [5.41, 5.74) is 0.744.